The molecule has 0 saturated carbocycles. The van der Waals surface area contributed by atoms with Crippen LogP contribution in [0.25, 0.3) is 11.4 Å². The Balaban J connectivity index is 1.58. The third kappa shape index (κ3) is 4.36. The molecule has 128 valence electrons. The molecule has 0 unspecified atom stereocenters. The zero-order chi connectivity index (χ0) is 17.6. The van der Waals surface area contributed by atoms with Crippen molar-refractivity contribution in [3.8, 4) is 17.1 Å². The number of anilines is 1. The number of amides is 1. The van der Waals surface area contributed by atoms with Gasteiger partial charge in [-0.2, -0.15) is 0 Å². The predicted octanol–water partition coefficient (Wildman–Crippen LogP) is 3.35. The molecule has 0 fully saturated rings. The van der Waals surface area contributed by atoms with E-state index in [-0.39, 0.29) is 17.3 Å². The SMILES string of the molecule is COc1ccc(-c2nc(SCC(=O)Nc3ccccc3F)n[nH]2)cc1. The number of carbonyl (C=O) groups is 1. The number of methoxy groups -OCH3 is 1. The van der Waals surface area contributed by atoms with E-state index in [9.17, 15) is 9.18 Å². The maximum atomic E-state index is 13.5. The lowest BCUT2D eigenvalue weighted by molar-refractivity contribution is -0.113. The van der Waals surface area contributed by atoms with Crippen LogP contribution in [0, 0.1) is 5.82 Å². The summed E-state index contributed by atoms with van der Waals surface area (Å²) in [5.41, 5.74) is 1.01. The van der Waals surface area contributed by atoms with Crippen molar-refractivity contribution < 1.29 is 13.9 Å². The molecule has 6 nitrogen and oxygen atoms in total. The number of ether oxygens (including phenoxy) is 1. The third-order valence-corrected chi connectivity index (χ3v) is 4.16. The molecule has 2 aromatic carbocycles. The number of H-pyrrole nitrogens is 1. The summed E-state index contributed by atoms with van der Waals surface area (Å²) < 4.78 is 18.6. The standard InChI is InChI=1S/C17H15FN4O2S/c1-24-12-8-6-11(7-9-12)16-20-17(22-21-16)25-10-15(23)19-14-5-3-2-4-13(14)18/h2-9H,10H2,1H3,(H,19,23)(H,20,21,22). The number of aromatic amines is 1. The Morgan fingerprint density at radius 2 is 2.00 bits per heavy atom. The van der Waals surface area contributed by atoms with E-state index < -0.39 is 5.82 Å². The number of hydrogen-bond donors (Lipinski definition) is 2. The number of carbonyl (C=O) groups excluding carboxylic acids is 1. The van der Waals surface area contributed by atoms with Gasteiger partial charge in [-0.25, -0.2) is 9.37 Å². The highest BCUT2D eigenvalue weighted by Gasteiger charge is 2.10. The minimum absolute atomic E-state index is 0.0776. The summed E-state index contributed by atoms with van der Waals surface area (Å²) >= 11 is 1.16. The number of aromatic nitrogens is 3. The topological polar surface area (TPSA) is 79.9 Å². The monoisotopic (exact) mass is 358 g/mol. The highest BCUT2D eigenvalue weighted by molar-refractivity contribution is 7.99. The van der Waals surface area contributed by atoms with Crippen molar-refractivity contribution in [1.82, 2.24) is 15.2 Å². The van der Waals surface area contributed by atoms with E-state index in [1.54, 1.807) is 19.2 Å². The summed E-state index contributed by atoms with van der Waals surface area (Å²) in [6, 6.07) is 13.4. The molecule has 0 spiro atoms. The van der Waals surface area contributed by atoms with Crippen molar-refractivity contribution in [2.75, 3.05) is 18.2 Å². The van der Waals surface area contributed by atoms with Gasteiger partial charge in [0.15, 0.2) is 5.82 Å². The Morgan fingerprint density at radius 1 is 1.24 bits per heavy atom. The zero-order valence-corrected chi connectivity index (χ0v) is 14.1. The maximum Gasteiger partial charge on any atom is 0.234 e. The minimum atomic E-state index is -0.472. The first-order valence-corrected chi connectivity index (χ1v) is 8.38. The molecule has 0 radical (unpaired) electrons. The summed E-state index contributed by atoms with van der Waals surface area (Å²) in [7, 11) is 1.60. The molecule has 0 atom stereocenters. The molecule has 25 heavy (non-hydrogen) atoms. The fourth-order valence-corrected chi connectivity index (χ4v) is 2.67. The average molecular weight is 358 g/mol. The summed E-state index contributed by atoms with van der Waals surface area (Å²) in [5, 5.41) is 9.86. The fourth-order valence-electron chi connectivity index (χ4n) is 2.07. The molecule has 0 aliphatic rings. The molecule has 1 aromatic heterocycles. The van der Waals surface area contributed by atoms with E-state index in [2.05, 4.69) is 20.5 Å². The van der Waals surface area contributed by atoms with Gasteiger partial charge in [0.1, 0.15) is 11.6 Å². The van der Waals surface area contributed by atoms with Crippen LogP contribution in [0.1, 0.15) is 0 Å². The van der Waals surface area contributed by atoms with Gasteiger partial charge < -0.3 is 10.1 Å². The van der Waals surface area contributed by atoms with E-state index in [4.69, 9.17) is 4.74 Å². The molecule has 1 amide bonds. The second-order valence-corrected chi connectivity index (χ2v) is 5.95. The summed E-state index contributed by atoms with van der Waals surface area (Å²) in [4.78, 5) is 16.2. The van der Waals surface area contributed by atoms with Crippen LogP contribution in [-0.4, -0.2) is 34.0 Å². The van der Waals surface area contributed by atoms with E-state index >= 15 is 0 Å². The molecule has 0 bridgehead atoms. The number of nitrogens with zero attached hydrogens (tertiary/aromatic N) is 2. The Morgan fingerprint density at radius 3 is 2.72 bits per heavy atom. The number of hydrogen-bond acceptors (Lipinski definition) is 5. The Kier molecular flexibility index (Phi) is 5.30. The second-order valence-electron chi connectivity index (χ2n) is 5.01. The number of rotatable bonds is 6. The van der Waals surface area contributed by atoms with E-state index in [1.165, 1.54) is 12.1 Å². The van der Waals surface area contributed by atoms with E-state index in [0.717, 1.165) is 23.1 Å². The van der Waals surface area contributed by atoms with Crippen LogP contribution in [0.15, 0.2) is 53.7 Å². The molecular formula is C17H15FN4O2S. The molecule has 8 heteroatoms. The number of benzene rings is 2. The van der Waals surface area contributed by atoms with Gasteiger partial charge in [0.25, 0.3) is 0 Å². The van der Waals surface area contributed by atoms with Gasteiger partial charge in [-0.15, -0.1) is 5.10 Å². The largest absolute Gasteiger partial charge is 0.497 e. The quantitative estimate of drug-likeness (QED) is 0.661. The van der Waals surface area contributed by atoms with Crippen LogP contribution in [0.3, 0.4) is 0 Å². The summed E-state index contributed by atoms with van der Waals surface area (Å²) in [6.07, 6.45) is 0. The molecule has 3 rings (SSSR count). The van der Waals surface area contributed by atoms with Crippen LogP contribution in [0.5, 0.6) is 5.75 Å². The van der Waals surface area contributed by atoms with Gasteiger partial charge in [-0.05, 0) is 36.4 Å². The first kappa shape index (κ1) is 17.0. The molecule has 1 heterocycles. The number of para-hydroxylation sites is 1. The Hall–Kier alpha value is -2.87. The van der Waals surface area contributed by atoms with Crippen LogP contribution in [0.4, 0.5) is 10.1 Å². The fraction of sp³-hybridized carbons (Fsp3) is 0.118. The van der Waals surface area contributed by atoms with Crippen LogP contribution >= 0.6 is 11.8 Å². The van der Waals surface area contributed by atoms with Gasteiger partial charge in [0, 0.05) is 5.56 Å². The lowest BCUT2D eigenvalue weighted by atomic mass is 10.2. The van der Waals surface area contributed by atoms with Crippen molar-refractivity contribution >= 4 is 23.4 Å². The lowest BCUT2D eigenvalue weighted by Gasteiger charge is -2.04. The Labute approximate surface area is 147 Å². The first-order chi connectivity index (χ1) is 12.2. The minimum Gasteiger partial charge on any atom is -0.497 e. The third-order valence-electron chi connectivity index (χ3n) is 3.31. The lowest BCUT2D eigenvalue weighted by Crippen LogP contribution is -2.15. The molecular weight excluding hydrogens is 343 g/mol. The molecule has 0 saturated heterocycles. The summed E-state index contributed by atoms with van der Waals surface area (Å²) in [6.45, 7) is 0. The van der Waals surface area contributed by atoms with Crippen molar-refractivity contribution in [2.45, 2.75) is 5.16 Å². The summed E-state index contributed by atoms with van der Waals surface area (Å²) in [5.74, 6) is 0.627. The van der Waals surface area contributed by atoms with Gasteiger partial charge in [0.2, 0.25) is 11.1 Å². The van der Waals surface area contributed by atoms with E-state index in [0.29, 0.717) is 11.0 Å². The van der Waals surface area contributed by atoms with E-state index in [1.807, 2.05) is 24.3 Å². The molecule has 2 N–H and O–H groups in total. The normalized spacial score (nSPS) is 10.5. The zero-order valence-electron chi connectivity index (χ0n) is 13.3. The van der Waals surface area contributed by atoms with Crippen molar-refractivity contribution in [3.05, 3.63) is 54.3 Å². The predicted molar refractivity (Wildman–Crippen MR) is 94.1 cm³/mol. The Bertz CT molecular complexity index is 867. The average Bonchev–Trinajstić information content (AvgIpc) is 3.11. The number of thioether (sulfide) groups is 1. The smallest absolute Gasteiger partial charge is 0.234 e. The molecule has 0 aliphatic carbocycles. The van der Waals surface area contributed by atoms with Gasteiger partial charge in [0.05, 0.1) is 18.6 Å². The van der Waals surface area contributed by atoms with Gasteiger partial charge in [-0.1, -0.05) is 23.9 Å². The van der Waals surface area contributed by atoms with Gasteiger partial charge in [-0.3, -0.25) is 9.89 Å². The second kappa shape index (κ2) is 7.80. The van der Waals surface area contributed by atoms with Crippen LogP contribution in [0.2, 0.25) is 0 Å². The van der Waals surface area contributed by atoms with Gasteiger partial charge >= 0.3 is 0 Å². The highest BCUT2D eigenvalue weighted by Crippen LogP contribution is 2.22. The maximum absolute atomic E-state index is 13.5. The van der Waals surface area contributed by atoms with Crippen LogP contribution < -0.4 is 10.1 Å². The van der Waals surface area contributed by atoms with Crippen molar-refractivity contribution in [1.29, 1.82) is 0 Å². The highest BCUT2D eigenvalue weighted by atomic mass is 32.2. The van der Waals surface area contributed by atoms with Crippen molar-refractivity contribution in [2.24, 2.45) is 0 Å². The molecule has 3 aromatic rings. The van der Waals surface area contributed by atoms with Crippen molar-refractivity contribution in [3.63, 3.8) is 0 Å². The molecule has 0 aliphatic heterocycles. The van der Waals surface area contributed by atoms with Crippen LogP contribution in [-0.2, 0) is 4.79 Å². The first-order valence-electron chi connectivity index (χ1n) is 7.39. The number of halogens is 1. The number of nitrogens with one attached hydrogen (secondary N) is 2.